The van der Waals surface area contributed by atoms with Crippen LogP contribution in [0.25, 0.3) is 0 Å². The van der Waals surface area contributed by atoms with Crippen LogP contribution >= 0.6 is 11.3 Å². The van der Waals surface area contributed by atoms with Gasteiger partial charge in [0.1, 0.15) is 4.88 Å². The highest BCUT2D eigenvalue weighted by atomic mass is 32.1. The molecule has 0 amide bonds. The number of nitrogens with one attached hydrogen (secondary N) is 1. The second-order valence-corrected chi connectivity index (χ2v) is 7.12. The van der Waals surface area contributed by atoms with Gasteiger partial charge in [0.05, 0.1) is 6.61 Å². The highest BCUT2D eigenvalue weighted by molar-refractivity contribution is 7.17. The van der Waals surface area contributed by atoms with Crippen LogP contribution in [0.3, 0.4) is 0 Å². The lowest BCUT2D eigenvalue weighted by Crippen LogP contribution is -2.24. The van der Waals surface area contributed by atoms with Crippen LogP contribution in [0.1, 0.15) is 61.7 Å². The van der Waals surface area contributed by atoms with Crippen molar-refractivity contribution >= 4 is 28.2 Å². The Labute approximate surface area is 130 Å². The average Bonchev–Trinajstić information content (AvgIpc) is 2.79. The maximum atomic E-state index is 11.8. The summed E-state index contributed by atoms with van der Waals surface area (Å²) in [5.41, 5.74) is 0.290. The van der Waals surface area contributed by atoms with Crippen molar-refractivity contribution in [1.29, 1.82) is 0 Å². The average molecular weight is 312 g/mol. The third-order valence-corrected chi connectivity index (χ3v) is 4.57. The van der Waals surface area contributed by atoms with E-state index in [4.69, 9.17) is 4.74 Å². The Morgan fingerprint density at radius 1 is 1.38 bits per heavy atom. The summed E-state index contributed by atoms with van der Waals surface area (Å²) in [5.74, 6) is -0.295. The van der Waals surface area contributed by atoms with E-state index in [2.05, 4.69) is 38.0 Å². The smallest absolute Gasteiger partial charge is 0.358 e. The Balaban J connectivity index is 2.88. The molecule has 1 rings (SSSR count). The summed E-state index contributed by atoms with van der Waals surface area (Å²) in [7, 11) is 0. The van der Waals surface area contributed by atoms with E-state index in [0.29, 0.717) is 15.9 Å². The van der Waals surface area contributed by atoms with Crippen LogP contribution in [0.15, 0.2) is 0 Å². The van der Waals surface area contributed by atoms with Gasteiger partial charge in [0.25, 0.3) is 0 Å². The molecule has 118 valence electrons. The van der Waals surface area contributed by atoms with Crippen molar-refractivity contribution in [2.45, 2.75) is 41.5 Å². The van der Waals surface area contributed by atoms with Gasteiger partial charge in [-0.1, -0.05) is 39.0 Å². The quantitative estimate of drug-likeness (QED) is 0.642. The monoisotopic (exact) mass is 312 g/mol. The van der Waals surface area contributed by atoms with Crippen molar-refractivity contribution < 1.29 is 14.3 Å². The molecule has 0 fully saturated rings. The summed E-state index contributed by atoms with van der Waals surface area (Å²) >= 11 is 1.20. The number of ether oxygens (including phenoxy) is 1. The molecule has 0 saturated carbocycles. The standard InChI is InChI=1S/C15H24N2O3S/c1-7-20-13(19)11-12(10(3)18)21-14(17-11)16-8-9(2)15(4,5)6/h9H,7-8H2,1-6H3,(H,16,17). The minimum Gasteiger partial charge on any atom is -0.461 e. The zero-order chi connectivity index (χ0) is 16.2. The largest absolute Gasteiger partial charge is 0.461 e. The van der Waals surface area contributed by atoms with E-state index >= 15 is 0 Å². The predicted octanol–water partition coefficient (Wildman–Crippen LogP) is 3.62. The van der Waals surface area contributed by atoms with Gasteiger partial charge in [0.15, 0.2) is 16.6 Å². The molecule has 1 heterocycles. The molecule has 1 aromatic heterocycles. The van der Waals surface area contributed by atoms with Crippen LogP contribution < -0.4 is 5.32 Å². The van der Waals surface area contributed by atoms with E-state index < -0.39 is 5.97 Å². The number of thiazole rings is 1. The van der Waals surface area contributed by atoms with Crippen molar-refractivity contribution in [2.75, 3.05) is 18.5 Å². The molecule has 0 aliphatic heterocycles. The zero-order valence-corrected chi connectivity index (χ0v) is 14.4. The molecule has 0 aliphatic rings. The summed E-state index contributed by atoms with van der Waals surface area (Å²) in [5, 5.41) is 3.79. The summed E-state index contributed by atoms with van der Waals surface area (Å²) in [4.78, 5) is 28.0. The molecule has 0 aliphatic carbocycles. The highest BCUT2D eigenvalue weighted by Gasteiger charge is 2.24. The number of carbonyl (C=O) groups excluding carboxylic acids is 2. The maximum Gasteiger partial charge on any atom is 0.358 e. The number of ketones is 1. The molecule has 5 nitrogen and oxygen atoms in total. The first kappa shape index (κ1) is 17.6. The van der Waals surface area contributed by atoms with E-state index in [0.717, 1.165) is 6.54 Å². The van der Waals surface area contributed by atoms with Crippen LogP contribution in [-0.2, 0) is 4.74 Å². The minimum atomic E-state index is -0.545. The molecular formula is C15H24N2O3S. The number of carbonyl (C=O) groups is 2. The first-order valence-electron chi connectivity index (χ1n) is 7.09. The third kappa shape index (κ3) is 4.81. The van der Waals surface area contributed by atoms with E-state index in [1.54, 1.807) is 6.92 Å². The first-order chi connectivity index (χ1) is 9.66. The molecule has 0 saturated heterocycles. The predicted molar refractivity (Wildman–Crippen MR) is 85.2 cm³/mol. The van der Waals surface area contributed by atoms with Crippen LogP contribution in [0, 0.1) is 11.3 Å². The second kappa shape index (κ2) is 7.02. The lowest BCUT2D eigenvalue weighted by Gasteiger charge is -2.27. The number of Topliss-reactive ketones (excluding diaryl/α,β-unsaturated/α-hetero) is 1. The number of rotatable bonds is 6. The normalized spacial score (nSPS) is 12.9. The summed E-state index contributed by atoms with van der Waals surface area (Å²) in [6, 6.07) is 0. The van der Waals surface area contributed by atoms with E-state index in [-0.39, 0.29) is 23.5 Å². The van der Waals surface area contributed by atoms with Crippen molar-refractivity contribution in [3.63, 3.8) is 0 Å². The van der Waals surface area contributed by atoms with Gasteiger partial charge in [0, 0.05) is 13.5 Å². The fraction of sp³-hybridized carbons (Fsp3) is 0.667. The second-order valence-electron chi connectivity index (χ2n) is 6.12. The molecule has 0 bridgehead atoms. The summed E-state index contributed by atoms with van der Waals surface area (Å²) < 4.78 is 4.94. The Bertz CT molecular complexity index is 517. The molecule has 0 spiro atoms. The molecule has 1 atom stereocenters. The third-order valence-electron chi connectivity index (χ3n) is 3.45. The topological polar surface area (TPSA) is 68.3 Å². The SMILES string of the molecule is CCOC(=O)c1nc(NCC(C)C(C)(C)C)sc1C(C)=O. The molecule has 1 unspecified atom stereocenters. The number of nitrogens with zero attached hydrogens (tertiary/aromatic N) is 1. The van der Waals surface area contributed by atoms with Gasteiger partial charge in [-0.25, -0.2) is 9.78 Å². The summed E-state index contributed by atoms with van der Waals surface area (Å²) in [6.45, 7) is 12.8. The molecule has 1 aromatic rings. The number of aromatic nitrogens is 1. The number of hydrogen-bond acceptors (Lipinski definition) is 6. The van der Waals surface area contributed by atoms with Gasteiger partial charge >= 0.3 is 5.97 Å². The Hall–Kier alpha value is -1.43. The Morgan fingerprint density at radius 2 is 2.00 bits per heavy atom. The van der Waals surface area contributed by atoms with Crippen molar-refractivity contribution in [1.82, 2.24) is 4.98 Å². The van der Waals surface area contributed by atoms with Gasteiger partial charge in [-0.2, -0.15) is 0 Å². The van der Waals surface area contributed by atoms with Crippen LogP contribution in [-0.4, -0.2) is 29.9 Å². The fourth-order valence-electron chi connectivity index (χ4n) is 1.52. The number of esters is 1. The maximum absolute atomic E-state index is 11.8. The minimum absolute atomic E-state index is 0.111. The molecule has 1 N–H and O–H groups in total. The number of hydrogen-bond donors (Lipinski definition) is 1. The van der Waals surface area contributed by atoms with Gasteiger partial charge < -0.3 is 10.1 Å². The van der Waals surface area contributed by atoms with E-state index in [1.807, 2.05) is 0 Å². The van der Waals surface area contributed by atoms with E-state index in [1.165, 1.54) is 18.3 Å². The number of anilines is 1. The van der Waals surface area contributed by atoms with Crippen LogP contribution in [0.2, 0.25) is 0 Å². The Kier molecular flexibility index (Phi) is 5.89. The molecular weight excluding hydrogens is 288 g/mol. The first-order valence-corrected chi connectivity index (χ1v) is 7.91. The van der Waals surface area contributed by atoms with Crippen LogP contribution in [0.5, 0.6) is 0 Å². The summed E-state index contributed by atoms with van der Waals surface area (Å²) in [6.07, 6.45) is 0. The molecule has 21 heavy (non-hydrogen) atoms. The highest BCUT2D eigenvalue weighted by Crippen LogP contribution is 2.28. The van der Waals surface area contributed by atoms with Crippen molar-refractivity contribution in [2.24, 2.45) is 11.3 Å². The fourth-order valence-corrected chi connectivity index (χ4v) is 2.37. The lowest BCUT2D eigenvalue weighted by molar-refractivity contribution is 0.0517. The van der Waals surface area contributed by atoms with Crippen molar-refractivity contribution in [3.05, 3.63) is 10.6 Å². The zero-order valence-electron chi connectivity index (χ0n) is 13.6. The van der Waals surface area contributed by atoms with Crippen LogP contribution in [0.4, 0.5) is 5.13 Å². The van der Waals surface area contributed by atoms with Gasteiger partial charge in [-0.3, -0.25) is 4.79 Å². The molecule has 0 aromatic carbocycles. The molecule has 0 radical (unpaired) electrons. The lowest BCUT2D eigenvalue weighted by atomic mass is 9.82. The van der Waals surface area contributed by atoms with Gasteiger partial charge in [-0.05, 0) is 18.3 Å². The van der Waals surface area contributed by atoms with Crippen molar-refractivity contribution in [3.8, 4) is 0 Å². The molecule has 6 heteroatoms. The van der Waals surface area contributed by atoms with Gasteiger partial charge in [0.2, 0.25) is 0 Å². The van der Waals surface area contributed by atoms with Gasteiger partial charge in [-0.15, -0.1) is 0 Å². The van der Waals surface area contributed by atoms with E-state index in [9.17, 15) is 9.59 Å². The Morgan fingerprint density at radius 3 is 2.48 bits per heavy atom.